The Bertz CT molecular complexity index is 1060. The van der Waals surface area contributed by atoms with Crippen molar-refractivity contribution in [2.45, 2.75) is 270 Å². The molecule has 1 aromatic heterocycles. The van der Waals surface area contributed by atoms with Crippen LogP contribution in [0.5, 0.6) is 0 Å². The number of nitrogens with one attached hydrogen (secondary N) is 1. The number of pyridine rings is 1. The van der Waals surface area contributed by atoms with E-state index >= 15 is 0 Å². The summed E-state index contributed by atoms with van der Waals surface area (Å²) in [6.45, 7) is 13.4. The SMILES string of the molecule is CCCCCCCCC(CC)OC.CCCCCCCCC(CCCCCCCC)OC(=O)CCCCCCCN(CCCCCCCC=O)CCCNSCc1ccc(Cl)nc1. The zero-order chi connectivity index (χ0) is 46.1. The van der Waals surface area contributed by atoms with E-state index in [0.29, 0.717) is 24.1 Å². The average molecular weight is 925 g/mol. The molecule has 9 heteroatoms. The fourth-order valence-electron chi connectivity index (χ4n) is 8.09. The first-order valence-electron chi connectivity index (χ1n) is 26.8. The number of hydrogen-bond acceptors (Lipinski definition) is 8. The summed E-state index contributed by atoms with van der Waals surface area (Å²) in [6, 6.07) is 3.87. The zero-order valence-electron chi connectivity index (χ0n) is 42.1. The molecular weight excluding hydrogens is 822 g/mol. The lowest BCUT2D eigenvalue weighted by Crippen LogP contribution is -2.29. The number of aldehydes is 1. The lowest BCUT2D eigenvalue weighted by atomic mass is 10.0. The first-order chi connectivity index (χ1) is 30.9. The highest BCUT2D eigenvalue weighted by Gasteiger charge is 2.14. The fraction of sp³-hybridized carbons (Fsp3) is 0.870. The molecule has 0 saturated heterocycles. The van der Waals surface area contributed by atoms with Gasteiger partial charge in [-0.2, -0.15) is 0 Å². The quantitative estimate of drug-likeness (QED) is 0.0228. The van der Waals surface area contributed by atoms with Gasteiger partial charge in [0.1, 0.15) is 17.5 Å². The number of hydrogen-bond donors (Lipinski definition) is 1. The number of carbonyl (C=O) groups is 2. The van der Waals surface area contributed by atoms with Crippen molar-refractivity contribution in [1.82, 2.24) is 14.6 Å². The minimum absolute atomic E-state index is 0.0286. The number of methoxy groups -OCH3 is 1. The molecule has 1 aromatic rings. The van der Waals surface area contributed by atoms with Gasteiger partial charge in [0.25, 0.3) is 0 Å². The van der Waals surface area contributed by atoms with Gasteiger partial charge in [0.15, 0.2) is 0 Å². The predicted molar refractivity (Wildman–Crippen MR) is 276 cm³/mol. The van der Waals surface area contributed by atoms with E-state index in [0.717, 1.165) is 89.6 Å². The first-order valence-corrected chi connectivity index (χ1v) is 28.1. The van der Waals surface area contributed by atoms with Gasteiger partial charge < -0.3 is 19.2 Å². The predicted octanol–water partition coefficient (Wildman–Crippen LogP) is 16.6. The molecule has 0 saturated carbocycles. The number of carbonyl (C=O) groups excluding carboxylic acids is 2. The Labute approximate surface area is 400 Å². The smallest absolute Gasteiger partial charge is 0.306 e. The van der Waals surface area contributed by atoms with E-state index in [9.17, 15) is 9.59 Å². The highest BCUT2D eigenvalue weighted by molar-refractivity contribution is 7.96. The molecule has 0 aliphatic heterocycles. The van der Waals surface area contributed by atoms with Gasteiger partial charge in [-0.3, -0.25) is 9.52 Å². The molecule has 0 aromatic carbocycles. The molecule has 7 nitrogen and oxygen atoms in total. The molecule has 0 aliphatic carbocycles. The Morgan fingerprint density at radius 2 is 1.13 bits per heavy atom. The summed E-state index contributed by atoms with van der Waals surface area (Å²) >= 11 is 7.63. The number of aromatic nitrogens is 1. The van der Waals surface area contributed by atoms with Gasteiger partial charge in [0, 0.05) is 38.4 Å². The van der Waals surface area contributed by atoms with Crippen molar-refractivity contribution in [3.05, 3.63) is 29.0 Å². The lowest BCUT2D eigenvalue weighted by Gasteiger charge is -2.22. The monoisotopic (exact) mass is 924 g/mol. The van der Waals surface area contributed by atoms with Crippen LogP contribution in [0.2, 0.25) is 5.15 Å². The van der Waals surface area contributed by atoms with E-state index in [1.165, 1.54) is 166 Å². The van der Waals surface area contributed by atoms with Gasteiger partial charge >= 0.3 is 5.97 Å². The number of rotatable bonds is 47. The lowest BCUT2D eigenvalue weighted by molar-refractivity contribution is -0.150. The largest absolute Gasteiger partial charge is 0.462 e. The highest BCUT2D eigenvalue weighted by Crippen LogP contribution is 2.19. The van der Waals surface area contributed by atoms with Crippen LogP contribution in [-0.4, -0.2) is 67.6 Å². The summed E-state index contributed by atoms with van der Waals surface area (Å²) in [6.07, 6.45) is 45.7. The Kier molecular flexibility index (Phi) is 49.3. The summed E-state index contributed by atoms with van der Waals surface area (Å²) in [5.41, 5.74) is 1.18. The maximum Gasteiger partial charge on any atom is 0.306 e. The number of unbranched alkanes of at least 4 members (excludes halogenated alkanes) is 24. The second-order valence-corrected chi connectivity index (χ2v) is 19.4. The van der Waals surface area contributed by atoms with Crippen LogP contribution in [0.4, 0.5) is 0 Å². The minimum atomic E-state index is 0.0286. The average Bonchev–Trinajstić information content (AvgIpc) is 3.29. The normalized spacial score (nSPS) is 11.9. The molecule has 1 N–H and O–H groups in total. The van der Waals surface area contributed by atoms with E-state index < -0.39 is 0 Å². The maximum absolute atomic E-state index is 12.8. The third-order valence-electron chi connectivity index (χ3n) is 12.3. The number of esters is 1. The molecule has 63 heavy (non-hydrogen) atoms. The summed E-state index contributed by atoms with van der Waals surface area (Å²) in [5.74, 6) is 0.912. The van der Waals surface area contributed by atoms with Crippen molar-refractivity contribution in [2.24, 2.45) is 0 Å². The summed E-state index contributed by atoms with van der Waals surface area (Å²) < 4.78 is 14.9. The van der Waals surface area contributed by atoms with Crippen molar-refractivity contribution in [3.63, 3.8) is 0 Å². The molecule has 370 valence electrons. The molecule has 1 unspecified atom stereocenters. The molecule has 0 bridgehead atoms. The Hall–Kier alpha value is -1.19. The Balaban J connectivity index is 0.00000253. The van der Waals surface area contributed by atoms with Crippen molar-refractivity contribution in [3.8, 4) is 0 Å². The van der Waals surface area contributed by atoms with Gasteiger partial charge in [0.2, 0.25) is 0 Å². The van der Waals surface area contributed by atoms with Crippen LogP contribution in [0.3, 0.4) is 0 Å². The number of nitrogens with zero attached hydrogens (tertiary/aromatic N) is 2. The van der Waals surface area contributed by atoms with Crippen LogP contribution >= 0.6 is 23.5 Å². The maximum atomic E-state index is 12.8. The Morgan fingerprint density at radius 3 is 1.62 bits per heavy atom. The second-order valence-electron chi connectivity index (χ2n) is 18.2. The van der Waals surface area contributed by atoms with Crippen molar-refractivity contribution in [2.75, 3.05) is 33.3 Å². The molecule has 0 spiro atoms. The standard InChI is InChI=1S/C42H76ClN3O3S.C12H26O/c1-3-5-7-9-14-20-27-40(28-21-15-10-8-6-4-2)49-42(48)29-22-16-13-18-24-34-46(33-23-17-11-12-19-25-36-47)35-26-32-45-50-38-39-30-31-41(43)44-37-39;1-4-6-7-8-9-10-11-12(5-2)13-3/h30-31,36-37,40,45H,3-29,32-35,38H2,1-2H3;12H,4-11H2,1-3H3. The first kappa shape index (κ1) is 61.8. The van der Waals surface area contributed by atoms with Crippen molar-refractivity contribution < 1.29 is 19.1 Å². The van der Waals surface area contributed by atoms with E-state index in [-0.39, 0.29) is 12.1 Å². The van der Waals surface area contributed by atoms with Crippen LogP contribution in [-0.2, 0) is 24.8 Å². The molecule has 1 rings (SSSR count). The van der Waals surface area contributed by atoms with Crippen LogP contribution in [0, 0.1) is 0 Å². The van der Waals surface area contributed by atoms with Crippen LogP contribution < -0.4 is 4.72 Å². The molecule has 0 aliphatic rings. The number of halogens is 1. The Morgan fingerprint density at radius 1 is 0.651 bits per heavy atom. The minimum Gasteiger partial charge on any atom is -0.462 e. The number of ether oxygens (including phenoxy) is 2. The summed E-state index contributed by atoms with van der Waals surface area (Å²) in [7, 11) is 1.82. The van der Waals surface area contributed by atoms with Gasteiger partial charge in [-0.05, 0) is 102 Å². The van der Waals surface area contributed by atoms with Crippen LogP contribution in [0.15, 0.2) is 18.3 Å². The molecular formula is C54H102ClN3O4S. The second kappa shape index (κ2) is 50.2. The summed E-state index contributed by atoms with van der Waals surface area (Å²) in [5, 5.41) is 0.536. The van der Waals surface area contributed by atoms with E-state index in [4.69, 9.17) is 21.1 Å². The fourth-order valence-corrected chi connectivity index (χ4v) is 8.93. The van der Waals surface area contributed by atoms with E-state index in [2.05, 4.69) is 42.3 Å². The third kappa shape index (κ3) is 44.4. The van der Waals surface area contributed by atoms with Gasteiger partial charge in [-0.1, -0.05) is 199 Å². The molecule has 0 amide bonds. The topological polar surface area (TPSA) is 80.8 Å². The highest BCUT2D eigenvalue weighted by atomic mass is 35.5. The molecule has 0 radical (unpaired) electrons. The summed E-state index contributed by atoms with van der Waals surface area (Å²) in [4.78, 5) is 30.1. The van der Waals surface area contributed by atoms with E-state index in [1.54, 1.807) is 11.9 Å². The van der Waals surface area contributed by atoms with Gasteiger partial charge in [-0.15, -0.1) is 0 Å². The third-order valence-corrected chi connectivity index (χ3v) is 13.4. The van der Waals surface area contributed by atoms with Crippen molar-refractivity contribution >= 4 is 35.8 Å². The van der Waals surface area contributed by atoms with Crippen LogP contribution in [0.1, 0.15) is 258 Å². The molecule has 1 atom stereocenters. The molecule has 1 heterocycles. The van der Waals surface area contributed by atoms with E-state index in [1.807, 2.05) is 25.4 Å². The van der Waals surface area contributed by atoms with Crippen molar-refractivity contribution in [1.29, 1.82) is 0 Å². The van der Waals surface area contributed by atoms with Gasteiger partial charge in [-0.25, -0.2) is 4.98 Å². The van der Waals surface area contributed by atoms with Crippen LogP contribution in [0.25, 0.3) is 0 Å². The van der Waals surface area contributed by atoms with Gasteiger partial charge in [0.05, 0.1) is 6.10 Å². The zero-order valence-corrected chi connectivity index (χ0v) is 43.6. The molecule has 0 fully saturated rings.